The number of rotatable bonds is 5. The fraction of sp³-hybridized carbons (Fsp3) is 0.316. The van der Waals surface area contributed by atoms with Gasteiger partial charge in [0.05, 0.1) is 23.1 Å². The monoisotopic (exact) mass is 421 g/mol. The molecule has 1 aliphatic carbocycles. The zero-order chi connectivity index (χ0) is 18.8. The van der Waals surface area contributed by atoms with E-state index >= 15 is 0 Å². The summed E-state index contributed by atoms with van der Waals surface area (Å²) in [5.74, 6) is 1.68. The molecule has 0 aliphatic heterocycles. The normalized spacial score (nSPS) is 17.4. The van der Waals surface area contributed by atoms with Crippen molar-refractivity contribution in [3.05, 3.63) is 52.4 Å². The number of benzene rings is 1. The molecule has 0 bridgehead atoms. The summed E-state index contributed by atoms with van der Waals surface area (Å²) in [6.07, 6.45) is 5.17. The number of halogens is 2. The van der Waals surface area contributed by atoms with E-state index in [2.05, 4.69) is 10.2 Å². The van der Waals surface area contributed by atoms with Crippen LogP contribution in [0.5, 0.6) is 0 Å². The zero-order valence-corrected chi connectivity index (χ0v) is 16.7. The highest BCUT2D eigenvalue weighted by atomic mass is 35.5. The van der Waals surface area contributed by atoms with Crippen molar-refractivity contribution >= 4 is 40.7 Å². The third-order valence-corrected chi connectivity index (χ3v) is 6.37. The van der Waals surface area contributed by atoms with Gasteiger partial charge in [-0.15, -0.1) is 10.2 Å². The summed E-state index contributed by atoms with van der Waals surface area (Å²) in [5.41, 5.74) is 0.738. The van der Waals surface area contributed by atoms with Crippen LogP contribution in [0.4, 0.5) is 0 Å². The maximum atomic E-state index is 12.3. The number of ketones is 1. The van der Waals surface area contributed by atoms with E-state index in [0.29, 0.717) is 34.0 Å². The van der Waals surface area contributed by atoms with E-state index in [1.54, 1.807) is 18.4 Å². The number of furan rings is 1. The van der Waals surface area contributed by atoms with Crippen LogP contribution in [-0.2, 0) is 11.3 Å². The molecule has 1 fully saturated rings. The van der Waals surface area contributed by atoms with Gasteiger partial charge in [-0.1, -0.05) is 41.4 Å². The van der Waals surface area contributed by atoms with Crippen molar-refractivity contribution in [3.63, 3.8) is 0 Å². The molecule has 0 amide bonds. The second kappa shape index (κ2) is 8.09. The number of Topliss-reactive ketones (excluding diaryl/α,β-unsaturated/α-hetero) is 1. The minimum atomic E-state index is -0.0770. The van der Waals surface area contributed by atoms with Gasteiger partial charge in [0.25, 0.3) is 0 Å². The van der Waals surface area contributed by atoms with Gasteiger partial charge in [-0.3, -0.25) is 9.36 Å². The number of carbonyl (C=O) groups is 1. The minimum absolute atomic E-state index is 0.0770. The molecule has 1 saturated carbocycles. The van der Waals surface area contributed by atoms with E-state index in [1.807, 2.05) is 22.8 Å². The summed E-state index contributed by atoms with van der Waals surface area (Å²) in [7, 11) is 0. The van der Waals surface area contributed by atoms with Crippen molar-refractivity contribution in [2.45, 2.75) is 42.6 Å². The highest BCUT2D eigenvalue weighted by molar-refractivity contribution is 8.00. The number of hydrogen-bond donors (Lipinski definition) is 0. The van der Waals surface area contributed by atoms with E-state index in [-0.39, 0.29) is 11.0 Å². The number of carbonyl (C=O) groups excluding carboxylic acids is 1. The van der Waals surface area contributed by atoms with Crippen LogP contribution in [0.25, 0.3) is 11.4 Å². The topological polar surface area (TPSA) is 60.9 Å². The molecule has 0 N–H and O–H groups in total. The largest absolute Gasteiger partial charge is 0.467 e. The van der Waals surface area contributed by atoms with E-state index in [1.165, 1.54) is 11.8 Å². The summed E-state index contributed by atoms with van der Waals surface area (Å²) in [6.45, 7) is 0.456. The van der Waals surface area contributed by atoms with Gasteiger partial charge in [0.15, 0.2) is 11.0 Å². The fourth-order valence-electron chi connectivity index (χ4n) is 3.15. The van der Waals surface area contributed by atoms with E-state index in [9.17, 15) is 4.79 Å². The smallest absolute Gasteiger partial charge is 0.192 e. The molecule has 8 heteroatoms. The molecule has 0 spiro atoms. The van der Waals surface area contributed by atoms with Gasteiger partial charge in [-0.25, -0.2) is 0 Å². The Labute approximate surface area is 171 Å². The zero-order valence-electron chi connectivity index (χ0n) is 14.4. The van der Waals surface area contributed by atoms with E-state index in [0.717, 1.165) is 30.6 Å². The van der Waals surface area contributed by atoms with Gasteiger partial charge in [-0.05, 0) is 43.2 Å². The average Bonchev–Trinajstić information content (AvgIpc) is 3.29. The highest BCUT2D eigenvalue weighted by Gasteiger charge is 2.27. The molecule has 2 heterocycles. The predicted octanol–water partition coefficient (Wildman–Crippen LogP) is 5.50. The van der Waals surface area contributed by atoms with Crippen molar-refractivity contribution in [2.75, 3.05) is 0 Å². The Morgan fingerprint density at radius 1 is 1.22 bits per heavy atom. The molecule has 5 nitrogen and oxygen atoms in total. The summed E-state index contributed by atoms with van der Waals surface area (Å²) in [6, 6.07) is 9.01. The van der Waals surface area contributed by atoms with Crippen LogP contribution in [0.15, 0.2) is 46.2 Å². The Kier molecular flexibility index (Phi) is 5.57. The summed E-state index contributed by atoms with van der Waals surface area (Å²) in [5, 5.41) is 10.4. The van der Waals surface area contributed by atoms with Crippen molar-refractivity contribution in [1.29, 1.82) is 0 Å². The standard InChI is InChI=1S/C19H17Cl2N3O2S/c20-12-7-8-14(15(21)10-12)18-22-23-19(24(18)11-13-4-3-9-26-13)27-17-6-2-1-5-16(17)25/h3-4,7-10,17H,1-2,5-6,11H2/t17-/m1/s1. The molecule has 2 aromatic heterocycles. The maximum absolute atomic E-state index is 12.3. The minimum Gasteiger partial charge on any atom is -0.467 e. The average molecular weight is 422 g/mol. The molecule has 0 radical (unpaired) electrons. The third kappa shape index (κ3) is 4.08. The van der Waals surface area contributed by atoms with Crippen LogP contribution in [0.1, 0.15) is 31.4 Å². The highest BCUT2D eigenvalue weighted by Crippen LogP contribution is 2.35. The number of thioether (sulfide) groups is 1. The van der Waals surface area contributed by atoms with Crippen LogP contribution in [-0.4, -0.2) is 25.8 Å². The molecule has 0 unspecified atom stereocenters. The molecule has 3 aromatic rings. The van der Waals surface area contributed by atoms with E-state index < -0.39 is 0 Å². The summed E-state index contributed by atoms with van der Waals surface area (Å²) >= 11 is 13.9. The third-order valence-electron chi connectivity index (χ3n) is 4.53. The summed E-state index contributed by atoms with van der Waals surface area (Å²) in [4.78, 5) is 12.3. The van der Waals surface area contributed by atoms with E-state index in [4.69, 9.17) is 27.6 Å². The summed E-state index contributed by atoms with van der Waals surface area (Å²) < 4.78 is 7.45. The van der Waals surface area contributed by atoms with Crippen LogP contribution in [0.2, 0.25) is 10.0 Å². The van der Waals surface area contributed by atoms with Gasteiger partial charge in [0.1, 0.15) is 11.5 Å². The van der Waals surface area contributed by atoms with Crippen LogP contribution in [0, 0.1) is 0 Å². The molecule has 4 rings (SSSR count). The first-order valence-electron chi connectivity index (χ1n) is 8.72. The number of nitrogens with zero attached hydrogens (tertiary/aromatic N) is 3. The van der Waals surface area contributed by atoms with Crippen molar-refractivity contribution in [1.82, 2.24) is 14.8 Å². The lowest BCUT2D eigenvalue weighted by atomic mass is 9.99. The van der Waals surface area contributed by atoms with Crippen LogP contribution < -0.4 is 0 Å². The SMILES string of the molecule is O=C1CCCC[C@H]1Sc1nnc(-c2ccc(Cl)cc2Cl)n1Cc1ccco1. The maximum Gasteiger partial charge on any atom is 0.192 e. The van der Waals surface area contributed by atoms with Gasteiger partial charge < -0.3 is 4.42 Å². The van der Waals surface area contributed by atoms with Gasteiger partial charge in [0, 0.05) is 17.0 Å². The lowest BCUT2D eigenvalue weighted by molar-refractivity contribution is -0.119. The molecule has 0 saturated heterocycles. The first-order valence-corrected chi connectivity index (χ1v) is 10.4. The lowest BCUT2D eigenvalue weighted by Crippen LogP contribution is -2.22. The first kappa shape index (κ1) is 18.6. The number of hydrogen-bond acceptors (Lipinski definition) is 5. The quantitative estimate of drug-likeness (QED) is 0.544. The van der Waals surface area contributed by atoms with Crippen LogP contribution >= 0.6 is 35.0 Å². The fourth-order valence-corrected chi connectivity index (χ4v) is 4.80. The van der Waals surface area contributed by atoms with Crippen molar-refractivity contribution in [3.8, 4) is 11.4 Å². The Morgan fingerprint density at radius 3 is 2.85 bits per heavy atom. The Balaban J connectivity index is 1.72. The molecular formula is C19H17Cl2N3O2S. The van der Waals surface area contributed by atoms with Gasteiger partial charge >= 0.3 is 0 Å². The molecule has 1 atom stereocenters. The van der Waals surface area contributed by atoms with Crippen molar-refractivity contribution in [2.24, 2.45) is 0 Å². The molecule has 1 aromatic carbocycles. The molecular weight excluding hydrogens is 405 g/mol. The molecule has 1 aliphatic rings. The van der Waals surface area contributed by atoms with Crippen molar-refractivity contribution < 1.29 is 9.21 Å². The van der Waals surface area contributed by atoms with Gasteiger partial charge in [0.2, 0.25) is 0 Å². The van der Waals surface area contributed by atoms with Crippen LogP contribution in [0.3, 0.4) is 0 Å². The first-order chi connectivity index (χ1) is 13.1. The van der Waals surface area contributed by atoms with Gasteiger partial charge in [-0.2, -0.15) is 0 Å². The molecule has 27 heavy (non-hydrogen) atoms. The second-order valence-corrected chi connectivity index (χ2v) is 8.43. The lowest BCUT2D eigenvalue weighted by Gasteiger charge is -2.19. The Morgan fingerprint density at radius 2 is 2.11 bits per heavy atom. The Bertz CT molecular complexity index is 956. The Hall–Kier alpha value is -1.76. The number of aromatic nitrogens is 3. The molecule has 140 valence electrons. The predicted molar refractivity (Wildman–Crippen MR) is 106 cm³/mol. The second-order valence-electron chi connectivity index (χ2n) is 6.41.